The van der Waals surface area contributed by atoms with Crippen molar-refractivity contribution in [2.24, 2.45) is 0 Å². The molecular weight excluding hydrogens is 660 g/mol. The monoisotopic (exact) mass is 681 g/mol. The molecule has 0 saturated heterocycles. The molecule has 8 rings (SSSR count). The first kappa shape index (κ1) is 30.8. The second-order valence-electron chi connectivity index (χ2n) is 11.8. The number of para-hydroxylation sites is 2. The van der Waals surface area contributed by atoms with E-state index in [9.17, 15) is 9.59 Å². The average Bonchev–Trinajstić information content (AvgIpc) is 3.68. The van der Waals surface area contributed by atoms with E-state index < -0.39 is 40.5 Å². The second-order valence-corrected chi connectivity index (χ2v) is 12.9. The number of alkyl halides is 6. The zero-order valence-corrected chi connectivity index (χ0v) is 25.9. The number of nitrogens with zero attached hydrogens (tertiary/aromatic N) is 1. The fourth-order valence-corrected chi connectivity index (χ4v) is 8.14. The fraction of sp³-hybridized carbons (Fsp3) is 0.0769. The highest BCUT2D eigenvalue weighted by molar-refractivity contribution is 7.16. The minimum absolute atomic E-state index is 0.0677. The molecule has 5 aromatic carbocycles. The summed E-state index contributed by atoms with van der Waals surface area (Å²) in [6.07, 6.45) is -10.5. The summed E-state index contributed by atoms with van der Waals surface area (Å²) in [6, 6.07) is 32.1. The molecule has 1 heterocycles. The van der Waals surface area contributed by atoms with Crippen LogP contribution in [0.2, 0.25) is 0 Å². The number of hydrogen-bond donors (Lipinski definition) is 0. The predicted octanol–water partition coefficient (Wildman–Crippen LogP) is 11.2. The molecule has 10 heteroatoms. The van der Waals surface area contributed by atoms with Gasteiger partial charge in [-0.3, -0.25) is 9.59 Å². The number of rotatable bonds is 4. The number of benzene rings is 5. The Balaban J connectivity index is 1.30. The molecular formula is C39H21F6NO2S. The zero-order chi connectivity index (χ0) is 34.3. The molecule has 0 unspecified atom stereocenters. The molecule has 0 N–H and O–H groups in total. The van der Waals surface area contributed by atoms with Crippen molar-refractivity contribution in [2.75, 3.05) is 4.90 Å². The summed E-state index contributed by atoms with van der Waals surface area (Å²) in [5.74, 6) is -1.27. The van der Waals surface area contributed by atoms with E-state index in [4.69, 9.17) is 0 Å². The van der Waals surface area contributed by atoms with Crippen molar-refractivity contribution in [3.63, 3.8) is 0 Å². The number of anilines is 3. The van der Waals surface area contributed by atoms with Gasteiger partial charge in [-0.15, -0.1) is 11.3 Å². The van der Waals surface area contributed by atoms with Crippen LogP contribution >= 0.6 is 11.3 Å². The highest BCUT2D eigenvalue weighted by Gasteiger charge is 2.76. The lowest BCUT2D eigenvalue weighted by Gasteiger charge is -2.36. The number of allylic oxidation sites excluding steroid dienone is 1. The predicted molar refractivity (Wildman–Crippen MR) is 178 cm³/mol. The first-order chi connectivity index (χ1) is 23.4. The van der Waals surface area contributed by atoms with Crippen LogP contribution < -0.4 is 4.90 Å². The Kier molecular flexibility index (Phi) is 6.77. The van der Waals surface area contributed by atoms with Crippen LogP contribution in [0, 0.1) is 0 Å². The first-order valence-corrected chi connectivity index (χ1v) is 15.9. The van der Waals surface area contributed by atoms with Gasteiger partial charge in [0.1, 0.15) is 0 Å². The van der Waals surface area contributed by atoms with Gasteiger partial charge in [-0.2, -0.15) is 26.3 Å². The van der Waals surface area contributed by atoms with Gasteiger partial charge >= 0.3 is 12.4 Å². The van der Waals surface area contributed by atoms with E-state index in [0.29, 0.717) is 33.5 Å². The van der Waals surface area contributed by atoms with Crippen molar-refractivity contribution in [1.82, 2.24) is 0 Å². The van der Waals surface area contributed by atoms with Gasteiger partial charge < -0.3 is 4.90 Å². The maximum atomic E-state index is 15.2. The highest BCUT2D eigenvalue weighted by Crippen LogP contribution is 2.65. The van der Waals surface area contributed by atoms with Gasteiger partial charge in [0, 0.05) is 43.5 Å². The van der Waals surface area contributed by atoms with Crippen molar-refractivity contribution in [3.8, 4) is 10.4 Å². The molecule has 0 radical (unpaired) electrons. The zero-order valence-electron chi connectivity index (χ0n) is 25.1. The lowest BCUT2D eigenvalue weighted by molar-refractivity contribution is -0.287. The molecule has 0 atom stereocenters. The molecule has 0 amide bonds. The lowest BCUT2D eigenvalue weighted by atomic mass is 9.76. The van der Waals surface area contributed by atoms with E-state index in [1.807, 2.05) is 0 Å². The van der Waals surface area contributed by atoms with Gasteiger partial charge in [0.15, 0.2) is 11.6 Å². The van der Waals surface area contributed by atoms with E-state index in [0.717, 1.165) is 18.2 Å². The summed E-state index contributed by atoms with van der Waals surface area (Å²) in [5, 5.41) is 1.43. The van der Waals surface area contributed by atoms with Crippen molar-refractivity contribution >= 4 is 56.8 Å². The maximum absolute atomic E-state index is 15.2. The van der Waals surface area contributed by atoms with Crippen LogP contribution in [0.15, 0.2) is 127 Å². The number of hydrogen-bond acceptors (Lipinski definition) is 4. The SMILES string of the molecule is O=C1C(=Cc2cc3c(s2)-c2ccc(N(c4ccccc4)c4ccccc4)cc2C3(C(F)(F)F)C(F)(F)F)C(=O)c2cc3ccccc3cc21. The van der Waals surface area contributed by atoms with Gasteiger partial charge in [0.25, 0.3) is 0 Å². The maximum Gasteiger partial charge on any atom is 0.411 e. The van der Waals surface area contributed by atoms with Gasteiger partial charge in [-0.05, 0) is 82.6 Å². The minimum atomic E-state index is -5.80. The van der Waals surface area contributed by atoms with Crippen molar-refractivity contribution < 1.29 is 35.9 Å². The summed E-state index contributed by atoms with van der Waals surface area (Å²) >= 11 is 0.684. The van der Waals surface area contributed by atoms with E-state index in [1.165, 1.54) is 12.1 Å². The van der Waals surface area contributed by atoms with Gasteiger partial charge in [-0.1, -0.05) is 66.7 Å². The fourth-order valence-electron chi connectivity index (χ4n) is 6.94. The minimum Gasteiger partial charge on any atom is -0.310 e. The summed E-state index contributed by atoms with van der Waals surface area (Å²) in [7, 11) is 0. The summed E-state index contributed by atoms with van der Waals surface area (Å²) in [4.78, 5) is 28.0. The lowest BCUT2D eigenvalue weighted by Crippen LogP contribution is -2.53. The van der Waals surface area contributed by atoms with Crippen molar-refractivity contribution in [2.45, 2.75) is 17.8 Å². The smallest absolute Gasteiger partial charge is 0.310 e. The third kappa shape index (κ3) is 4.50. The molecule has 2 aliphatic rings. The highest BCUT2D eigenvalue weighted by atomic mass is 32.1. The Morgan fingerprint density at radius 1 is 0.551 bits per heavy atom. The number of thiophene rings is 1. The largest absolute Gasteiger partial charge is 0.411 e. The molecule has 6 aromatic rings. The van der Waals surface area contributed by atoms with E-state index in [1.54, 1.807) is 102 Å². The first-order valence-electron chi connectivity index (χ1n) is 15.1. The van der Waals surface area contributed by atoms with E-state index in [2.05, 4.69) is 0 Å². The van der Waals surface area contributed by atoms with Crippen LogP contribution in [-0.2, 0) is 5.41 Å². The molecule has 242 valence electrons. The molecule has 1 aromatic heterocycles. The Bertz CT molecular complexity index is 2250. The summed E-state index contributed by atoms with van der Waals surface area (Å²) in [6.45, 7) is 0. The van der Waals surface area contributed by atoms with Crippen molar-refractivity contribution in [1.29, 1.82) is 0 Å². The molecule has 0 spiro atoms. The number of Topliss-reactive ketones (excluding diaryl/α,β-unsaturated/α-hetero) is 2. The standard InChI is InChI=1S/C39H21F6NO2S/c40-38(41,42)37(39(43,44)45)32-19-26(46(24-11-3-1-4-12-24)25-13-5-2-6-14-25)15-16-28(32)36-33(37)21-27(49-36)20-31-34(47)29-17-22-9-7-8-10-23(22)18-30(29)35(31)48/h1-21H. The topological polar surface area (TPSA) is 37.4 Å². The molecule has 2 aliphatic carbocycles. The van der Waals surface area contributed by atoms with Crippen LogP contribution in [-0.4, -0.2) is 23.9 Å². The Morgan fingerprint density at radius 3 is 1.57 bits per heavy atom. The van der Waals surface area contributed by atoms with Crippen LogP contribution in [0.3, 0.4) is 0 Å². The number of fused-ring (bicyclic) bond motifs is 5. The van der Waals surface area contributed by atoms with E-state index >= 15 is 26.3 Å². The van der Waals surface area contributed by atoms with Crippen LogP contribution in [0.4, 0.5) is 43.4 Å². The van der Waals surface area contributed by atoms with Gasteiger partial charge in [-0.25, -0.2) is 0 Å². The second kappa shape index (κ2) is 10.8. The Hall–Kier alpha value is -5.48. The average molecular weight is 682 g/mol. The summed E-state index contributed by atoms with van der Waals surface area (Å²) < 4.78 is 91.5. The van der Waals surface area contributed by atoms with E-state index in [-0.39, 0.29) is 37.7 Å². The molecule has 3 nitrogen and oxygen atoms in total. The normalized spacial score (nSPS) is 14.9. The Morgan fingerprint density at radius 2 is 1.06 bits per heavy atom. The number of carbonyl (C=O) groups is 2. The van der Waals surface area contributed by atoms with Gasteiger partial charge in [0.05, 0.1) is 5.57 Å². The third-order valence-corrected chi connectivity index (χ3v) is 10.2. The molecule has 0 aliphatic heterocycles. The van der Waals surface area contributed by atoms with Crippen LogP contribution in [0.25, 0.3) is 27.3 Å². The molecule has 0 saturated carbocycles. The number of carbonyl (C=O) groups excluding carboxylic acids is 2. The number of ketones is 2. The quantitative estimate of drug-likeness (QED) is 0.106. The van der Waals surface area contributed by atoms with Crippen LogP contribution in [0.5, 0.6) is 0 Å². The third-order valence-electron chi connectivity index (χ3n) is 9.10. The molecule has 0 bridgehead atoms. The van der Waals surface area contributed by atoms with Crippen LogP contribution in [0.1, 0.15) is 36.7 Å². The van der Waals surface area contributed by atoms with Gasteiger partial charge in [0.2, 0.25) is 5.41 Å². The molecule has 49 heavy (non-hydrogen) atoms. The van der Waals surface area contributed by atoms with Crippen molar-refractivity contribution in [3.05, 3.63) is 154 Å². The molecule has 0 fully saturated rings. The summed E-state index contributed by atoms with van der Waals surface area (Å²) in [5.41, 5.74) is -5.35. The number of halogens is 6. The Labute approximate surface area is 279 Å².